The Kier molecular flexibility index (Phi) is 5.69. The van der Waals surface area contributed by atoms with Crippen molar-refractivity contribution in [1.29, 1.82) is 0 Å². The predicted octanol–water partition coefficient (Wildman–Crippen LogP) is 2.84. The Morgan fingerprint density at radius 3 is 2.52 bits per heavy atom. The van der Waals surface area contributed by atoms with Gasteiger partial charge >= 0.3 is 5.97 Å². The summed E-state index contributed by atoms with van der Waals surface area (Å²) in [5, 5.41) is 5.39. The van der Waals surface area contributed by atoms with Crippen LogP contribution in [0.4, 0.5) is 5.00 Å². The summed E-state index contributed by atoms with van der Waals surface area (Å²) >= 11 is 7.98. The molecule has 0 bridgehead atoms. The molecular formula is C14H15N3O3S3. The van der Waals surface area contributed by atoms with E-state index in [1.54, 1.807) is 17.5 Å². The molecule has 0 fully saturated rings. The predicted molar refractivity (Wildman–Crippen MR) is 96.3 cm³/mol. The summed E-state index contributed by atoms with van der Waals surface area (Å²) in [4.78, 5) is 25.6. The molecule has 1 amide bonds. The highest BCUT2D eigenvalue weighted by atomic mass is 32.1. The highest BCUT2D eigenvalue weighted by molar-refractivity contribution is 7.80. The zero-order valence-corrected chi connectivity index (χ0v) is 15.1. The van der Waals surface area contributed by atoms with E-state index in [0.717, 1.165) is 9.75 Å². The third-order valence-corrected chi connectivity index (χ3v) is 4.80. The van der Waals surface area contributed by atoms with E-state index in [4.69, 9.17) is 17.0 Å². The topological polar surface area (TPSA) is 79.5 Å². The Morgan fingerprint density at radius 1 is 1.17 bits per heavy atom. The lowest BCUT2D eigenvalue weighted by atomic mass is 10.3. The van der Waals surface area contributed by atoms with Crippen LogP contribution in [0.2, 0.25) is 0 Å². The summed E-state index contributed by atoms with van der Waals surface area (Å²) in [5.41, 5.74) is 6.08. The molecule has 2 heterocycles. The Bertz CT molecular complexity index is 752. The van der Waals surface area contributed by atoms with Crippen LogP contribution in [0.25, 0.3) is 0 Å². The molecule has 0 aromatic carbocycles. The summed E-state index contributed by atoms with van der Waals surface area (Å²) in [7, 11) is 1.32. The standard InChI is InChI=1S/C14H15N3O3S3/c1-7-4-9(6-22-7)11(18)16-17-14(21)15-12-10(13(19)20-3)5-8(2)23-12/h4-6H,1-3H3,(H,16,18)(H2,15,17,21). The fourth-order valence-corrected chi connectivity index (χ4v) is 3.56. The van der Waals surface area contributed by atoms with Gasteiger partial charge in [0.1, 0.15) is 5.00 Å². The van der Waals surface area contributed by atoms with E-state index in [9.17, 15) is 9.59 Å². The lowest BCUT2D eigenvalue weighted by molar-refractivity contribution is 0.0602. The molecular weight excluding hydrogens is 354 g/mol. The van der Waals surface area contributed by atoms with E-state index in [1.807, 2.05) is 13.8 Å². The summed E-state index contributed by atoms with van der Waals surface area (Å²) in [6.45, 7) is 3.80. The van der Waals surface area contributed by atoms with Crippen LogP contribution in [0.15, 0.2) is 17.5 Å². The van der Waals surface area contributed by atoms with Gasteiger partial charge in [-0.2, -0.15) is 0 Å². The second kappa shape index (κ2) is 7.53. The SMILES string of the molecule is COC(=O)c1cc(C)sc1NC(=S)NNC(=O)c1csc(C)c1. The fourth-order valence-electron chi connectivity index (χ4n) is 1.75. The molecule has 3 N–H and O–H groups in total. The van der Waals surface area contributed by atoms with Crippen LogP contribution < -0.4 is 16.2 Å². The average molecular weight is 369 g/mol. The number of hydrogen-bond acceptors (Lipinski definition) is 6. The number of methoxy groups -OCH3 is 1. The zero-order chi connectivity index (χ0) is 17.0. The van der Waals surface area contributed by atoms with Crippen molar-refractivity contribution in [3.63, 3.8) is 0 Å². The highest BCUT2D eigenvalue weighted by Gasteiger charge is 2.16. The number of hydrazine groups is 1. The largest absolute Gasteiger partial charge is 0.465 e. The van der Waals surface area contributed by atoms with E-state index in [-0.39, 0.29) is 11.0 Å². The molecule has 0 unspecified atom stereocenters. The van der Waals surface area contributed by atoms with Crippen molar-refractivity contribution < 1.29 is 14.3 Å². The second-order valence-corrected chi connectivity index (χ2v) is 7.35. The normalized spacial score (nSPS) is 10.0. The van der Waals surface area contributed by atoms with Gasteiger partial charge < -0.3 is 10.1 Å². The number of thiocarbonyl (C=S) groups is 1. The maximum absolute atomic E-state index is 11.9. The van der Waals surface area contributed by atoms with Gasteiger partial charge in [0.25, 0.3) is 5.91 Å². The first-order valence-electron chi connectivity index (χ1n) is 6.52. The van der Waals surface area contributed by atoms with Crippen LogP contribution in [0.5, 0.6) is 0 Å². The van der Waals surface area contributed by atoms with Crippen molar-refractivity contribution in [2.24, 2.45) is 0 Å². The van der Waals surface area contributed by atoms with Gasteiger partial charge in [-0.15, -0.1) is 22.7 Å². The molecule has 2 aromatic heterocycles. The van der Waals surface area contributed by atoms with Crippen molar-refractivity contribution in [2.45, 2.75) is 13.8 Å². The van der Waals surface area contributed by atoms with Crippen LogP contribution in [0, 0.1) is 13.8 Å². The van der Waals surface area contributed by atoms with E-state index < -0.39 is 5.97 Å². The number of aryl methyl sites for hydroxylation is 2. The Labute approximate surface area is 146 Å². The Hall–Kier alpha value is -1.97. The fraction of sp³-hybridized carbons (Fsp3) is 0.214. The molecule has 0 saturated heterocycles. The number of ether oxygens (including phenoxy) is 1. The number of carbonyl (C=O) groups excluding carboxylic acids is 2. The van der Waals surface area contributed by atoms with E-state index >= 15 is 0 Å². The summed E-state index contributed by atoms with van der Waals surface area (Å²) in [6.07, 6.45) is 0. The van der Waals surface area contributed by atoms with Crippen LogP contribution in [-0.2, 0) is 4.74 Å². The first-order valence-corrected chi connectivity index (χ1v) is 8.62. The third kappa shape index (κ3) is 4.50. The summed E-state index contributed by atoms with van der Waals surface area (Å²) in [6, 6.07) is 3.50. The second-order valence-electron chi connectivity index (χ2n) is 4.57. The lowest BCUT2D eigenvalue weighted by Crippen LogP contribution is -2.43. The molecule has 6 nitrogen and oxygen atoms in total. The third-order valence-electron chi connectivity index (χ3n) is 2.77. The minimum atomic E-state index is -0.447. The molecule has 0 spiro atoms. The van der Waals surface area contributed by atoms with Crippen LogP contribution in [0.3, 0.4) is 0 Å². The van der Waals surface area contributed by atoms with Crippen LogP contribution in [-0.4, -0.2) is 24.1 Å². The van der Waals surface area contributed by atoms with Crippen molar-refractivity contribution in [1.82, 2.24) is 10.9 Å². The molecule has 122 valence electrons. The van der Waals surface area contributed by atoms with Crippen molar-refractivity contribution in [3.05, 3.63) is 38.4 Å². The molecule has 0 saturated carbocycles. The summed E-state index contributed by atoms with van der Waals surface area (Å²) < 4.78 is 4.73. The van der Waals surface area contributed by atoms with Crippen molar-refractivity contribution >= 4 is 56.9 Å². The zero-order valence-electron chi connectivity index (χ0n) is 12.7. The quantitative estimate of drug-likeness (QED) is 0.439. The molecule has 0 radical (unpaired) electrons. The number of rotatable bonds is 3. The van der Waals surface area contributed by atoms with Gasteiger partial charge in [-0.3, -0.25) is 15.6 Å². The van der Waals surface area contributed by atoms with Gasteiger partial charge in [-0.05, 0) is 38.2 Å². The van der Waals surface area contributed by atoms with Crippen LogP contribution >= 0.6 is 34.9 Å². The van der Waals surface area contributed by atoms with Gasteiger partial charge in [-0.25, -0.2) is 4.79 Å². The first-order chi connectivity index (χ1) is 10.9. The number of thiophene rings is 2. The molecule has 0 aliphatic carbocycles. The minimum absolute atomic E-state index is 0.178. The smallest absolute Gasteiger partial charge is 0.340 e. The molecule has 0 atom stereocenters. The molecule has 2 rings (SSSR count). The van der Waals surface area contributed by atoms with Crippen molar-refractivity contribution in [2.75, 3.05) is 12.4 Å². The number of esters is 1. The van der Waals surface area contributed by atoms with Crippen molar-refractivity contribution in [3.8, 4) is 0 Å². The Morgan fingerprint density at radius 2 is 1.91 bits per heavy atom. The maximum atomic E-state index is 11.9. The van der Waals surface area contributed by atoms with Gasteiger partial charge in [0.15, 0.2) is 5.11 Å². The average Bonchev–Trinajstić information content (AvgIpc) is 3.10. The Balaban J connectivity index is 1.95. The van der Waals surface area contributed by atoms with E-state index in [0.29, 0.717) is 16.1 Å². The number of carbonyl (C=O) groups is 2. The number of amides is 1. The van der Waals surface area contributed by atoms with Crippen LogP contribution in [0.1, 0.15) is 30.5 Å². The monoisotopic (exact) mass is 369 g/mol. The lowest BCUT2D eigenvalue weighted by Gasteiger charge is -2.11. The maximum Gasteiger partial charge on any atom is 0.340 e. The van der Waals surface area contributed by atoms with E-state index in [2.05, 4.69) is 16.2 Å². The van der Waals surface area contributed by atoms with Gasteiger partial charge in [-0.1, -0.05) is 0 Å². The molecule has 9 heteroatoms. The minimum Gasteiger partial charge on any atom is -0.465 e. The van der Waals surface area contributed by atoms with Gasteiger partial charge in [0, 0.05) is 15.1 Å². The van der Waals surface area contributed by atoms with Gasteiger partial charge in [0.2, 0.25) is 0 Å². The first kappa shape index (κ1) is 17.4. The van der Waals surface area contributed by atoms with E-state index in [1.165, 1.54) is 29.8 Å². The number of hydrogen-bond donors (Lipinski definition) is 3. The molecule has 2 aromatic rings. The molecule has 0 aliphatic rings. The van der Waals surface area contributed by atoms with Gasteiger partial charge in [0.05, 0.1) is 18.2 Å². The summed E-state index contributed by atoms with van der Waals surface area (Å²) in [5.74, 6) is -0.730. The molecule has 23 heavy (non-hydrogen) atoms. The molecule has 0 aliphatic heterocycles. The highest BCUT2D eigenvalue weighted by Crippen LogP contribution is 2.28. The number of anilines is 1. The number of nitrogens with one attached hydrogen (secondary N) is 3.